The molecule has 0 unspecified atom stereocenters. The lowest BCUT2D eigenvalue weighted by molar-refractivity contribution is -0.140. The van der Waals surface area contributed by atoms with Gasteiger partial charge in [0.2, 0.25) is 21.8 Å². The van der Waals surface area contributed by atoms with E-state index in [0.29, 0.717) is 19.6 Å². The molecule has 2 N–H and O–H groups in total. The number of nitrogens with one attached hydrogen (secondary N) is 2. The largest absolute Gasteiger partial charge is 0.376 e. The van der Waals surface area contributed by atoms with Gasteiger partial charge in [-0.25, -0.2) is 13.1 Å². The lowest BCUT2D eigenvalue weighted by Gasteiger charge is -2.31. The molecule has 0 saturated carbocycles. The summed E-state index contributed by atoms with van der Waals surface area (Å²) in [5.74, 6) is -0.749. The van der Waals surface area contributed by atoms with E-state index in [0.717, 1.165) is 18.4 Å². The average molecular weight is 474 g/mol. The Balaban J connectivity index is 1.72. The molecule has 0 aromatic heterocycles. The number of carbonyl (C=O) groups is 2. The molecule has 2 amide bonds. The van der Waals surface area contributed by atoms with Crippen molar-refractivity contribution in [3.05, 3.63) is 66.2 Å². The zero-order valence-corrected chi connectivity index (χ0v) is 19.6. The Labute approximate surface area is 195 Å². The van der Waals surface area contributed by atoms with Gasteiger partial charge in [0, 0.05) is 19.7 Å². The predicted molar refractivity (Wildman–Crippen MR) is 125 cm³/mol. The van der Waals surface area contributed by atoms with Gasteiger partial charge in [-0.2, -0.15) is 0 Å². The summed E-state index contributed by atoms with van der Waals surface area (Å²) in [6.45, 7) is 2.66. The first kappa shape index (κ1) is 24.9. The van der Waals surface area contributed by atoms with Crippen LogP contribution in [0.15, 0.2) is 65.6 Å². The molecule has 0 bridgehead atoms. The summed E-state index contributed by atoms with van der Waals surface area (Å²) in [5.41, 5.74) is 0.849. The van der Waals surface area contributed by atoms with Gasteiger partial charge in [-0.1, -0.05) is 55.5 Å². The van der Waals surface area contributed by atoms with Crippen LogP contribution in [0.4, 0.5) is 0 Å². The fourth-order valence-corrected chi connectivity index (χ4v) is 4.77. The molecule has 1 fully saturated rings. The van der Waals surface area contributed by atoms with E-state index in [1.165, 1.54) is 17.0 Å². The van der Waals surface area contributed by atoms with Gasteiger partial charge in [0.15, 0.2) is 0 Å². The van der Waals surface area contributed by atoms with Crippen molar-refractivity contribution in [1.82, 2.24) is 14.9 Å². The van der Waals surface area contributed by atoms with Crippen molar-refractivity contribution in [3.8, 4) is 0 Å². The first-order chi connectivity index (χ1) is 15.9. The fourth-order valence-electron chi connectivity index (χ4n) is 3.78. The van der Waals surface area contributed by atoms with Crippen LogP contribution in [0.1, 0.15) is 31.7 Å². The molecule has 1 aliphatic heterocycles. The molecule has 1 aliphatic rings. The summed E-state index contributed by atoms with van der Waals surface area (Å²) in [5, 5.41) is 2.90. The maximum Gasteiger partial charge on any atom is 0.242 e. The highest BCUT2D eigenvalue weighted by molar-refractivity contribution is 7.89. The summed E-state index contributed by atoms with van der Waals surface area (Å²) in [6, 6.07) is 16.4. The molecule has 2 aromatic rings. The molecule has 9 heteroatoms. The van der Waals surface area contributed by atoms with Gasteiger partial charge in [-0.15, -0.1) is 0 Å². The monoisotopic (exact) mass is 473 g/mol. The predicted octanol–water partition coefficient (Wildman–Crippen LogP) is 2.07. The minimum Gasteiger partial charge on any atom is -0.376 e. The smallest absolute Gasteiger partial charge is 0.242 e. The van der Waals surface area contributed by atoms with Crippen molar-refractivity contribution in [2.24, 2.45) is 0 Å². The first-order valence-electron chi connectivity index (χ1n) is 11.2. The molecule has 2 aromatic carbocycles. The molecular formula is C24H31N3O5S. The van der Waals surface area contributed by atoms with E-state index < -0.39 is 28.5 Å². The van der Waals surface area contributed by atoms with E-state index in [-0.39, 0.29) is 23.5 Å². The molecule has 8 nitrogen and oxygen atoms in total. The minimum atomic E-state index is -3.85. The summed E-state index contributed by atoms with van der Waals surface area (Å²) >= 11 is 0. The lowest BCUT2D eigenvalue weighted by Crippen LogP contribution is -2.52. The van der Waals surface area contributed by atoms with E-state index in [9.17, 15) is 18.0 Å². The Bertz CT molecular complexity index is 1010. The highest BCUT2D eigenvalue weighted by Gasteiger charge is 2.30. The molecular weight excluding hydrogens is 442 g/mol. The van der Waals surface area contributed by atoms with Crippen LogP contribution < -0.4 is 10.0 Å². The average Bonchev–Trinajstić information content (AvgIpc) is 3.36. The van der Waals surface area contributed by atoms with Crippen LogP contribution in [0.25, 0.3) is 0 Å². The summed E-state index contributed by atoms with van der Waals surface area (Å²) in [7, 11) is -3.85. The van der Waals surface area contributed by atoms with E-state index in [1.54, 1.807) is 18.2 Å². The minimum absolute atomic E-state index is 0.0117. The molecule has 33 heavy (non-hydrogen) atoms. The number of hydrogen-bond donors (Lipinski definition) is 2. The third-order valence-electron chi connectivity index (χ3n) is 5.58. The third-order valence-corrected chi connectivity index (χ3v) is 6.99. The lowest BCUT2D eigenvalue weighted by atomic mass is 10.1. The number of rotatable bonds is 11. The standard InChI is InChI=1S/C24H31N3O5S/c1-2-22(24(29)25-16-20-12-9-15-32-20)27(18-19-10-5-3-6-11-19)23(28)17-26-33(30,31)21-13-7-4-8-14-21/h3-8,10-11,13-14,20,22,26H,2,9,12,15-18H2,1H3,(H,25,29)/t20-,22-/m0/s1. The Morgan fingerprint density at radius 1 is 1.09 bits per heavy atom. The van der Waals surface area contributed by atoms with Crippen LogP contribution in [0.2, 0.25) is 0 Å². The van der Waals surface area contributed by atoms with Crippen molar-refractivity contribution in [2.75, 3.05) is 19.7 Å². The molecule has 0 spiro atoms. The van der Waals surface area contributed by atoms with E-state index in [1.807, 2.05) is 37.3 Å². The van der Waals surface area contributed by atoms with Crippen LogP contribution in [-0.4, -0.2) is 57.0 Å². The molecule has 3 rings (SSSR count). The summed E-state index contributed by atoms with van der Waals surface area (Å²) < 4.78 is 33.1. The fraction of sp³-hybridized carbons (Fsp3) is 0.417. The van der Waals surface area contributed by atoms with Crippen LogP contribution >= 0.6 is 0 Å². The van der Waals surface area contributed by atoms with Crippen LogP contribution in [0.5, 0.6) is 0 Å². The Kier molecular flexibility index (Phi) is 8.99. The van der Waals surface area contributed by atoms with Gasteiger partial charge in [0.1, 0.15) is 6.04 Å². The third kappa shape index (κ3) is 7.12. The van der Waals surface area contributed by atoms with Crippen molar-refractivity contribution in [1.29, 1.82) is 0 Å². The van der Waals surface area contributed by atoms with Gasteiger partial charge in [0.05, 0.1) is 17.5 Å². The number of benzene rings is 2. The highest BCUT2D eigenvalue weighted by Crippen LogP contribution is 2.14. The normalized spacial score (nSPS) is 16.8. The number of amides is 2. The van der Waals surface area contributed by atoms with Gasteiger partial charge in [-0.3, -0.25) is 9.59 Å². The first-order valence-corrected chi connectivity index (χ1v) is 12.7. The van der Waals surface area contributed by atoms with Gasteiger partial charge in [-0.05, 0) is 37.0 Å². The second-order valence-corrected chi connectivity index (χ2v) is 9.72. The topological polar surface area (TPSA) is 105 Å². The number of carbonyl (C=O) groups excluding carboxylic acids is 2. The van der Waals surface area contributed by atoms with Crippen LogP contribution in [-0.2, 0) is 30.9 Å². The number of sulfonamides is 1. The quantitative estimate of drug-likeness (QED) is 0.520. The number of nitrogens with zero attached hydrogens (tertiary/aromatic N) is 1. The molecule has 2 atom stereocenters. The Morgan fingerprint density at radius 2 is 1.76 bits per heavy atom. The molecule has 1 saturated heterocycles. The second-order valence-electron chi connectivity index (χ2n) is 7.95. The summed E-state index contributed by atoms with van der Waals surface area (Å²) in [4.78, 5) is 27.7. The Morgan fingerprint density at radius 3 is 2.36 bits per heavy atom. The van der Waals surface area contributed by atoms with Gasteiger partial charge in [0.25, 0.3) is 0 Å². The van der Waals surface area contributed by atoms with Gasteiger partial charge >= 0.3 is 0 Å². The maximum absolute atomic E-state index is 13.2. The summed E-state index contributed by atoms with van der Waals surface area (Å²) in [6.07, 6.45) is 2.24. The zero-order chi connectivity index (χ0) is 23.7. The maximum atomic E-state index is 13.2. The van der Waals surface area contributed by atoms with Crippen molar-refractivity contribution in [3.63, 3.8) is 0 Å². The Hall–Kier alpha value is -2.75. The van der Waals surface area contributed by atoms with Crippen molar-refractivity contribution in [2.45, 2.75) is 49.8 Å². The van der Waals surface area contributed by atoms with Crippen molar-refractivity contribution >= 4 is 21.8 Å². The zero-order valence-electron chi connectivity index (χ0n) is 18.8. The van der Waals surface area contributed by atoms with Crippen molar-refractivity contribution < 1.29 is 22.7 Å². The van der Waals surface area contributed by atoms with Gasteiger partial charge < -0.3 is 15.0 Å². The molecule has 0 aliphatic carbocycles. The molecule has 178 valence electrons. The molecule has 1 heterocycles. The molecule has 0 radical (unpaired) electrons. The van der Waals surface area contributed by atoms with E-state index in [4.69, 9.17) is 4.74 Å². The second kappa shape index (κ2) is 11.9. The van der Waals surface area contributed by atoms with E-state index in [2.05, 4.69) is 10.0 Å². The van der Waals surface area contributed by atoms with Crippen LogP contribution in [0.3, 0.4) is 0 Å². The number of ether oxygens (including phenoxy) is 1. The van der Waals surface area contributed by atoms with Crippen LogP contribution in [0, 0.1) is 0 Å². The SMILES string of the molecule is CC[C@@H](C(=O)NC[C@@H]1CCCO1)N(Cc1ccccc1)C(=O)CNS(=O)(=O)c1ccccc1. The highest BCUT2D eigenvalue weighted by atomic mass is 32.2. The van der Waals surface area contributed by atoms with E-state index >= 15 is 0 Å². The number of hydrogen-bond acceptors (Lipinski definition) is 5.